The Morgan fingerprint density at radius 2 is 2.00 bits per heavy atom. The third-order valence-corrected chi connectivity index (χ3v) is 3.11. The summed E-state index contributed by atoms with van der Waals surface area (Å²) in [6, 6.07) is -0.989. The molecule has 1 aliphatic rings. The van der Waals surface area contributed by atoms with Gasteiger partial charge in [-0.25, -0.2) is 0 Å². The quantitative estimate of drug-likeness (QED) is 0.360. The highest BCUT2D eigenvalue weighted by molar-refractivity contribution is 14.1. The van der Waals surface area contributed by atoms with Gasteiger partial charge in [0.15, 0.2) is 6.29 Å². The first-order valence-electron chi connectivity index (χ1n) is 4.50. The van der Waals surface area contributed by atoms with Crippen LogP contribution in [0.25, 0.3) is 0 Å². The molecule has 5 atom stereocenters. The van der Waals surface area contributed by atoms with E-state index in [1.165, 1.54) is 6.92 Å². The molecule has 1 amide bonds. The van der Waals surface area contributed by atoms with Gasteiger partial charge in [0, 0.05) is 11.4 Å². The van der Waals surface area contributed by atoms with Crippen LogP contribution in [0, 0.1) is 0 Å². The fourth-order valence-corrected chi connectivity index (χ4v) is 2.19. The minimum Gasteiger partial charge on any atom is -0.388 e. The van der Waals surface area contributed by atoms with Gasteiger partial charge in [0.2, 0.25) is 5.91 Å². The van der Waals surface area contributed by atoms with Crippen LogP contribution in [0.2, 0.25) is 0 Å². The van der Waals surface area contributed by atoms with E-state index in [9.17, 15) is 20.1 Å². The summed E-state index contributed by atoms with van der Waals surface area (Å²) >= 11 is 1.98. The summed E-state index contributed by atoms with van der Waals surface area (Å²) in [5.41, 5.74) is 0. The molecule has 1 rings (SSSR count). The normalized spacial score (nSPS) is 41.3. The van der Waals surface area contributed by atoms with Crippen molar-refractivity contribution in [3.05, 3.63) is 0 Å². The van der Waals surface area contributed by atoms with Crippen molar-refractivity contribution in [3.8, 4) is 0 Å². The Labute approximate surface area is 101 Å². The number of amides is 1. The van der Waals surface area contributed by atoms with Crippen LogP contribution in [0.15, 0.2) is 0 Å². The number of halogens is 1. The van der Waals surface area contributed by atoms with Crippen molar-refractivity contribution in [3.63, 3.8) is 0 Å². The summed E-state index contributed by atoms with van der Waals surface area (Å²) in [6.07, 6.45) is -4.26. The monoisotopic (exact) mass is 331 g/mol. The fourth-order valence-electron chi connectivity index (χ4n) is 1.46. The van der Waals surface area contributed by atoms with Gasteiger partial charge >= 0.3 is 0 Å². The molecule has 88 valence electrons. The molecule has 0 aromatic rings. The molecule has 0 aliphatic carbocycles. The maximum Gasteiger partial charge on any atom is 0.217 e. The van der Waals surface area contributed by atoms with Crippen LogP contribution in [0.3, 0.4) is 0 Å². The number of aliphatic hydroxyl groups excluding tert-OH is 3. The average Bonchev–Trinajstić information content (AvgIpc) is 2.18. The highest BCUT2D eigenvalue weighted by Crippen LogP contribution is 2.21. The number of rotatable bonds is 2. The lowest BCUT2D eigenvalue weighted by Gasteiger charge is -2.40. The maximum atomic E-state index is 10.8. The number of nitrogens with one attached hydrogen (secondary N) is 1. The molecule has 0 aromatic carbocycles. The zero-order valence-corrected chi connectivity index (χ0v) is 10.3. The van der Waals surface area contributed by atoms with Crippen LogP contribution in [-0.4, -0.2) is 56.3 Å². The molecule has 0 aromatic heterocycles. The van der Waals surface area contributed by atoms with E-state index < -0.39 is 36.6 Å². The van der Waals surface area contributed by atoms with Crippen LogP contribution in [-0.2, 0) is 9.53 Å². The van der Waals surface area contributed by atoms with Gasteiger partial charge in [-0.2, -0.15) is 0 Å². The van der Waals surface area contributed by atoms with Crippen LogP contribution >= 0.6 is 22.6 Å². The van der Waals surface area contributed by atoms with Gasteiger partial charge in [-0.15, -0.1) is 0 Å². The number of hydrogen-bond donors (Lipinski definition) is 4. The predicted octanol–water partition coefficient (Wildman–Crippen LogP) is -1.63. The summed E-state index contributed by atoms with van der Waals surface area (Å²) < 4.78 is 5.50. The summed E-state index contributed by atoms with van der Waals surface area (Å²) in [6.45, 7) is 1.26. The number of alkyl halides is 1. The van der Waals surface area contributed by atoms with Crippen LogP contribution in [0.1, 0.15) is 6.92 Å². The molecule has 0 saturated carbocycles. The lowest BCUT2D eigenvalue weighted by molar-refractivity contribution is -0.240. The predicted molar refractivity (Wildman–Crippen MR) is 59.4 cm³/mol. The molecular formula is C8H14INO5. The molecule has 0 radical (unpaired) electrons. The number of aliphatic hydroxyl groups is 3. The molecule has 1 saturated heterocycles. The topological polar surface area (TPSA) is 99.0 Å². The minimum absolute atomic E-state index is 0.401. The van der Waals surface area contributed by atoms with Gasteiger partial charge < -0.3 is 25.4 Å². The SMILES string of the molecule is CC(=O)N[C@@H]1[C@H](O)[C@H](O)[C@@H](CI)O[C@H]1O. The first kappa shape index (κ1) is 13.1. The van der Waals surface area contributed by atoms with Gasteiger partial charge in [-0.1, -0.05) is 22.6 Å². The van der Waals surface area contributed by atoms with Crippen molar-refractivity contribution < 1.29 is 24.9 Å². The van der Waals surface area contributed by atoms with Crippen molar-refractivity contribution in [1.82, 2.24) is 5.32 Å². The molecule has 7 heteroatoms. The molecule has 4 N–H and O–H groups in total. The summed E-state index contributed by atoms with van der Waals surface area (Å²) in [4.78, 5) is 10.8. The van der Waals surface area contributed by atoms with E-state index in [1.807, 2.05) is 22.6 Å². The van der Waals surface area contributed by atoms with Gasteiger partial charge in [-0.3, -0.25) is 4.79 Å². The third kappa shape index (κ3) is 3.00. The van der Waals surface area contributed by atoms with Crippen LogP contribution in [0.4, 0.5) is 0 Å². The molecular weight excluding hydrogens is 317 g/mol. The molecule has 0 bridgehead atoms. The Kier molecular flexibility index (Phi) is 4.71. The van der Waals surface area contributed by atoms with E-state index in [0.29, 0.717) is 4.43 Å². The summed E-state index contributed by atoms with van der Waals surface area (Å²) in [7, 11) is 0. The van der Waals surface area contributed by atoms with Crippen molar-refractivity contribution >= 4 is 28.5 Å². The maximum absolute atomic E-state index is 10.8. The molecule has 1 fully saturated rings. The largest absolute Gasteiger partial charge is 0.388 e. The summed E-state index contributed by atoms with van der Waals surface area (Å²) in [5.74, 6) is -0.401. The molecule has 6 nitrogen and oxygen atoms in total. The van der Waals surface area contributed by atoms with Crippen molar-refractivity contribution in [2.24, 2.45) is 0 Å². The van der Waals surface area contributed by atoms with Gasteiger partial charge in [-0.05, 0) is 0 Å². The molecule has 1 heterocycles. The highest BCUT2D eigenvalue weighted by Gasteiger charge is 2.43. The Balaban J connectivity index is 2.70. The van der Waals surface area contributed by atoms with Crippen molar-refractivity contribution in [2.45, 2.75) is 37.6 Å². The van der Waals surface area contributed by atoms with Gasteiger partial charge in [0.05, 0.1) is 6.10 Å². The van der Waals surface area contributed by atoms with E-state index in [1.54, 1.807) is 0 Å². The molecule has 15 heavy (non-hydrogen) atoms. The smallest absolute Gasteiger partial charge is 0.217 e. The second-order valence-corrected chi connectivity index (χ2v) is 4.31. The van der Waals surface area contributed by atoms with E-state index in [2.05, 4.69) is 5.32 Å². The number of ether oxygens (including phenoxy) is 1. The fraction of sp³-hybridized carbons (Fsp3) is 0.875. The Morgan fingerprint density at radius 1 is 1.40 bits per heavy atom. The second-order valence-electron chi connectivity index (χ2n) is 3.43. The van der Waals surface area contributed by atoms with Crippen LogP contribution in [0.5, 0.6) is 0 Å². The molecule has 1 aliphatic heterocycles. The zero-order valence-electron chi connectivity index (χ0n) is 8.13. The van der Waals surface area contributed by atoms with Crippen LogP contribution < -0.4 is 5.32 Å². The highest BCUT2D eigenvalue weighted by atomic mass is 127. The Morgan fingerprint density at radius 3 is 2.47 bits per heavy atom. The van der Waals surface area contributed by atoms with Gasteiger partial charge in [0.25, 0.3) is 0 Å². The van der Waals surface area contributed by atoms with E-state index in [-0.39, 0.29) is 0 Å². The lowest BCUT2D eigenvalue weighted by Crippen LogP contribution is -2.63. The van der Waals surface area contributed by atoms with E-state index in [0.717, 1.165) is 0 Å². The first-order valence-corrected chi connectivity index (χ1v) is 6.02. The van der Waals surface area contributed by atoms with Crippen molar-refractivity contribution in [2.75, 3.05) is 4.43 Å². The minimum atomic E-state index is -1.30. The average molecular weight is 331 g/mol. The summed E-state index contributed by atoms with van der Waals surface area (Å²) in [5, 5.41) is 31.1. The third-order valence-electron chi connectivity index (χ3n) is 2.24. The van der Waals surface area contributed by atoms with Crippen molar-refractivity contribution in [1.29, 1.82) is 0 Å². The number of carbonyl (C=O) groups is 1. The standard InChI is InChI=1S/C8H14INO5/c1-3(11)10-5-7(13)6(12)4(2-9)15-8(5)14/h4-8,12-14H,2H2,1H3,(H,10,11)/t4-,5-,6-,7+,8-/m1/s1. The second kappa shape index (κ2) is 5.39. The lowest BCUT2D eigenvalue weighted by atomic mass is 9.98. The zero-order chi connectivity index (χ0) is 11.6. The Bertz CT molecular complexity index is 239. The molecule has 0 spiro atoms. The Hall–Kier alpha value is 0.0400. The first-order chi connectivity index (χ1) is 6.97. The number of carbonyl (C=O) groups excluding carboxylic acids is 1. The van der Waals surface area contributed by atoms with E-state index >= 15 is 0 Å². The molecule has 0 unspecified atom stereocenters. The van der Waals surface area contributed by atoms with E-state index in [4.69, 9.17) is 4.74 Å². The van der Waals surface area contributed by atoms with Gasteiger partial charge in [0.1, 0.15) is 18.2 Å². The number of hydrogen-bond acceptors (Lipinski definition) is 5.